The number of nitrogens with zero attached hydrogens (tertiary/aromatic N) is 1. The monoisotopic (exact) mass is 702 g/mol. The van der Waals surface area contributed by atoms with E-state index < -0.39 is 42.2 Å². The van der Waals surface area contributed by atoms with Crippen LogP contribution in [0.4, 0.5) is 39.5 Å². The number of allylic oxidation sites excluding steroid dienone is 1. The Bertz CT molecular complexity index is 1240. The summed E-state index contributed by atoms with van der Waals surface area (Å²) in [5.41, 5.74) is 3.18. The average Bonchev–Trinajstić information content (AvgIpc) is 3.29. The molecule has 0 spiro atoms. The summed E-state index contributed by atoms with van der Waals surface area (Å²) >= 11 is 0.799. The average molecular weight is 703 g/mol. The van der Waals surface area contributed by atoms with Crippen LogP contribution in [0.2, 0.25) is 0 Å². The normalized spacial score (nSPS) is 28.4. The highest BCUT2D eigenvalue weighted by Crippen LogP contribution is 2.65. The van der Waals surface area contributed by atoms with E-state index in [1.165, 1.54) is 5.57 Å². The highest BCUT2D eigenvalue weighted by Gasteiger charge is 2.81. The molecule has 1 aromatic carbocycles. The van der Waals surface area contributed by atoms with E-state index in [4.69, 9.17) is 0 Å². The number of phenolic OH excluding ortho intramolecular Hbond substituents is 1. The highest BCUT2D eigenvalue weighted by atomic mass is 32.2. The molecule has 3 aliphatic rings. The van der Waals surface area contributed by atoms with Crippen LogP contribution in [0.3, 0.4) is 0 Å². The van der Waals surface area contributed by atoms with Gasteiger partial charge in [-0.1, -0.05) is 56.1 Å². The molecule has 0 radical (unpaired) electrons. The van der Waals surface area contributed by atoms with Crippen molar-refractivity contribution >= 4 is 11.8 Å². The van der Waals surface area contributed by atoms with E-state index in [0.717, 1.165) is 80.8 Å². The summed E-state index contributed by atoms with van der Waals surface area (Å²) in [6.45, 7) is 7.99. The first kappa shape index (κ1) is 38.2. The summed E-state index contributed by atoms with van der Waals surface area (Å²) in [6.07, 6.45) is -1.48. The smallest absolute Gasteiger partial charge is 0.460 e. The molecule has 3 aliphatic carbocycles. The third kappa shape index (κ3) is 7.47. The number of benzene rings is 1. The van der Waals surface area contributed by atoms with Gasteiger partial charge in [0.05, 0.1) is 0 Å². The van der Waals surface area contributed by atoms with Gasteiger partial charge in [0.2, 0.25) is 0 Å². The molecule has 2 saturated carbocycles. The lowest BCUT2D eigenvalue weighted by atomic mass is 9.51. The van der Waals surface area contributed by atoms with Gasteiger partial charge in [0.1, 0.15) is 5.75 Å². The zero-order valence-corrected chi connectivity index (χ0v) is 27.7. The first-order valence-electron chi connectivity index (χ1n) is 16.4. The Morgan fingerprint density at radius 1 is 0.936 bits per heavy atom. The van der Waals surface area contributed by atoms with Gasteiger partial charge in [0, 0.05) is 6.42 Å². The zero-order chi connectivity index (χ0) is 35.0. The molecule has 4 rings (SSSR count). The van der Waals surface area contributed by atoms with Crippen molar-refractivity contribution in [3.63, 3.8) is 0 Å². The molecule has 0 amide bonds. The van der Waals surface area contributed by atoms with Crippen LogP contribution in [-0.2, 0) is 0 Å². The number of thioether (sulfide) groups is 1. The van der Waals surface area contributed by atoms with Crippen molar-refractivity contribution in [2.45, 2.75) is 107 Å². The van der Waals surface area contributed by atoms with Gasteiger partial charge in [-0.05, 0) is 117 Å². The summed E-state index contributed by atoms with van der Waals surface area (Å²) in [6, 6.07) is 5.28. The molecule has 13 heteroatoms. The molecule has 6 atom stereocenters. The minimum Gasteiger partial charge on any atom is -0.848 e. The van der Waals surface area contributed by atoms with E-state index in [-0.39, 0.29) is 28.8 Å². The Balaban J connectivity index is 1.20. The fourth-order valence-electron chi connectivity index (χ4n) is 8.34. The largest absolute Gasteiger partial charge is 0.848 e. The topological polar surface area (TPSA) is 46.5 Å². The lowest BCUT2D eigenvalue weighted by molar-refractivity contribution is -0.448. The van der Waals surface area contributed by atoms with E-state index in [0.29, 0.717) is 24.8 Å². The molecule has 2 fully saturated rings. The van der Waals surface area contributed by atoms with Crippen molar-refractivity contribution in [2.24, 2.45) is 23.2 Å². The molecule has 1 aromatic rings. The molecule has 1 N–H and O–H groups in total. The van der Waals surface area contributed by atoms with Gasteiger partial charge in [-0.2, -0.15) is 51.3 Å². The van der Waals surface area contributed by atoms with Crippen LogP contribution in [0.25, 0.3) is 0 Å². The number of alkyl halides is 9. The molecule has 268 valence electrons. The zero-order valence-electron chi connectivity index (χ0n) is 26.8. The van der Waals surface area contributed by atoms with Crippen LogP contribution in [-0.4, -0.2) is 65.6 Å². The predicted octanol–water partition coefficient (Wildman–Crippen LogP) is 9.36. The second-order valence-corrected chi connectivity index (χ2v) is 15.2. The van der Waals surface area contributed by atoms with E-state index in [9.17, 15) is 49.7 Å². The van der Waals surface area contributed by atoms with E-state index in [2.05, 4.69) is 13.5 Å². The van der Waals surface area contributed by atoms with Crippen LogP contribution in [0.1, 0.15) is 94.3 Å². The quantitative estimate of drug-likeness (QED) is 0.112. The van der Waals surface area contributed by atoms with Gasteiger partial charge < -0.3 is 15.1 Å². The number of halogens is 9. The SMILES string of the molecule is C=C1CCC2C3C(CC[C@]12C)c1ccc(O)cc1C([O-])[C@H]3CCCCCN(C)CCCSCCC(F)(F)C(F)(F)C(F)(F)C(F)(F)F. The molecule has 0 bridgehead atoms. The number of unbranched alkanes of at least 4 members (excludes halogenated alkanes) is 2. The first-order valence-corrected chi connectivity index (χ1v) is 17.5. The fourth-order valence-corrected chi connectivity index (χ4v) is 9.28. The molecular formula is C34H45F9NO2S-. The molecule has 47 heavy (non-hydrogen) atoms. The fraction of sp³-hybridized carbons (Fsp3) is 0.765. The summed E-state index contributed by atoms with van der Waals surface area (Å²) in [5.74, 6) is -18.3. The van der Waals surface area contributed by atoms with Crippen molar-refractivity contribution in [2.75, 3.05) is 31.6 Å². The molecule has 3 nitrogen and oxygen atoms in total. The van der Waals surface area contributed by atoms with Gasteiger partial charge in [0.15, 0.2) is 0 Å². The molecule has 0 aromatic heterocycles. The maximum absolute atomic E-state index is 13.9. The number of rotatable bonds is 15. The summed E-state index contributed by atoms with van der Waals surface area (Å²) in [5, 5.41) is 24.1. The first-order chi connectivity index (χ1) is 21.8. The highest BCUT2D eigenvalue weighted by molar-refractivity contribution is 7.99. The molecule has 0 heterocycles. The van der Waals surface area contributed by atoms with E-state index in [1.807, 2.05) is 18.0 Å². The van der Waals surface area contributed by atoms with Crippen molar-refractivity contribution in [3.05, 3.63) is 41.5 Å². The number of hydrogen-bond donors (Lipinski definition) is 1. The van der Waals surface area contributed by atoms with Crippen molar-refractivity contribution in [1.82, 2.24) is 4.90 Å². The predicted molar refractivity (Wildman–Crippen MR) is 163 cm³/mol. The molecule has 0 aliphatic heterocycles. The lowest BCUT2D eigenvalue weighted by Crippen LogP contribution is -2.60. The van der Waals surface area contributed by atoms with E-state index in [1.54, 1.807) is 12.1 Å². The maximum atomic E-state index is 13.9. The lowest BCUT2D eigenvalue weighted by Gasteiger charge is -2.56. The number of hydrogen-bond acceptors (Lipinski definition) is 4. The van der Waals surface area contributed by atoms with Gasteiger partial charge in [-0.3, -0.25) is 0 Å². The van der Waals surface area contributed by atoms with Gasteiger partial charge in [-0.15, -0.1) is 0 Å². The summed E-state index contributed by atoms with van der Waals surface area (Å²) < 4.78 is 117. The van der Waals surface area contributed by atoms with Crippen molar-refractivity contribution < 1.29 is 49.7 Å². The molecule has 4 unspecified atom stereocenters. The Labute approximate surface area is 275 Å². The maximum Gasteiger partial charge on any atom is 0.460 e. The number of aromatic hydroxyl groups is 1. The minimum absolute atomic E-state index is 0.0356. The van der Waals surface area contributed by atoms with Crippen LogP contribution in [0, 0.1) is 23.2 Å². The summed E-state index contributed by atoms with van der Waals surface area (Å²) in [7, 11) is 1.87. The van der Waals surface area contributed by atoms with Crippen molar-refractivity contribution in [3.8, 4) is 5.75 Å². The van der Waals surface area contributed by atoms with Crippen LogP contribution in [0.5, 0.6) is 5.75 Å². The third-order valence-electron chi connectivity index (χ3n) is 11.1. The van der Waals surface area contributed by atoms with E-state index >= 15 is 0 Å². The molecule has 0 saturated heterocycles. The third-order valence-corrected chi connectivity index (χ3v) is 12.2. The van der Waals surface area contributed by atoms with Gasteiger partial charge in [0.25, 0.3) is 0 Å². The number of fused-ring (bicyclic) bond motifs is 5. The Morgan fingerprint density at radius 2 is 1.62 bits per heavy atom. The second kappa shape index (κ2) is 14.3. The second-order valence-electron chi connectivity index (χ2n) is 14.0. The van der Waals surface area contributed by atoms with Crippen LogP contribution in [0.15, 0.2) is 30.4 Å². The Hall–Kier alpha value is -1.60. The standard InChI is InChI=1S/C34H45F9NO2S/c1-21-9-12-27-28-24(13-14-30(21,27)2)23-11-10-22(45)20-26(23)29(46)25(28)8-5-4-6-16-44(3)17-7-18-47-19-15-31(35,36)32(37,38)33(39,40)34(41,42)43/h10-11,20,24-25,27-29,45H,1,4-9,12-19H2,2-3H3/q-1/t24?,25-,27?,28?,29?,30+/m0/s1. The molecular weight excluding hydrogens is 657 g/mol. The Kier molecular flexibility index (Phi) is 11.6. The summed E-state index contributed by atoms with van der Waals surface area (Å²) in [4.78, 5) is 2.02. The van der Waals surface area contributed by atoms with Gasteiger partial charge >= 0.3 is 23.9 Å². The van der Waals surface area contributed by atoms with Crippen LogP contribution >= 0.6 is 11.8 Å². The number of phenols is 1. The van der Waals surface area contributed by atoms with Crippen LogP contribution < -0.4 is 5.11 Å². The minimum atomic E-state index is -6.84. The van der Waals surface area contributed by atoms with Crippen molar-refractivity contribution in [1.29, 1.82) is 0 Å². The Morgan fingerprint density at radius 3 is 2.30 bits per heavy atom. The van der Waals surface area contributed by atoms with Gasteiger partial charge in [-0.25, -0.2) is 0 Å².